The maximum atomic E-state index is 5.99. The van der Waals surface area contributed by atoms with E-state index in [9.17, 15) is 0 Å². The molecule has 2 bridgehead atoms. The first-order valence-corrected chi connectivity index (χ1v) is 6.85. The number of piperidine rings is 1. The van der Waals surface area contributed by atoms with Crippen molar-refractivity contribution in [3.63, 3.8) is 0 Å². The van der Waals surface area contributed by atoms with Gasteiger partial charge in [0, 0.05) is 29.8 Å². The zero-order chi connectivity index (χ0) is 11.8. The van der Waals surface area contributed by atoms with Crippen molar-refractivity contribution in [2.24, 2.45) is 5.92 Å². The van der Waals surface area contributed by atoms with Crippen molar-refractivity contribution in [1.82, 2.24) is 4.90 Å². The van der Waals surface area contributed by atoms with Crippen LogP contribution in [-0.2, 0) is 0 Å². The molecule has 1 aromatic rings. The highest BCUT2D eigenvalue weighted by atomic mass is 35.5. The van der Waals surface area contributed by atoms with Gasteiger partial charge in [-0.25, -0.2) is 0 Å². The third-order valence-corrected chi connectivity index (χ3v) is 4.40. The number of fused-ring (bicyclic) bond motifs is 2. The number of nitrogens with one attached hydrogen (secondary N) is 1. The Balaban J connectivity index is 1.73. The molecule has 1 N–H and O–H groups in total. The molecule has 2 heterocycles. The molecule has 0 spiro atoms. The SMILES string of the molecule is Cc1cc(Cl)ccc1NC1CCN2CCC1C2. The minimum absolute atomic E-state index is 0.647. The zero-order valence-corrected chi connectivity index (χ0v) is 11.0. The molecular weight excluding hydrogens is 232 g/mol. The van der Waals surface area contributed by atoms with Crippen molar-refractivity contribution in [3.8, 4) is 0 Å². The van der Waals surface area contributed by atoms with Gasteiger partial charge in [-0.1, -0.05) is 11.6 Å². The van der Waals surface area contributed by atoms with Crippen LogP contribution < -0.4 is 5.32 Å². The number of hydrogen-bond donors (Lipinski definition) is 1. The molecule has 0 aliphatic carbocycles. The third-order valence-electron chi connectivity index (χ3n) is 4.16. The summed E-state index contributed by atoms with van der Waals surface area (Å²) in [7, 11) is 0. The number of aryl methyl sites for hydroxylation is 1. The van der Waals surface area contributed by atoms with Crippen LogP contribution >= 0.6 is 11.6 Å². The molecule has 92 valence electrons. The first-order valence-electron chi connectivity index (χ1n) is 6.47. The van der Waals surface area contributed by atoms with Crippen molar-refractivity contribution in [1.29, 1.82) is 0 Å². The summed E-state index contributed by atoms with van der Waals surface area (Å²) in [5, 5.41) is 4.54. The minimum Gasteiger partial charge on any atom is -0.382 e. The Labute approximate surface area is 108 Å². The molecule has 0 aromatic heterocycles. The van der Waals surface area contributed by atoms with Crippen LogP contribution in [0.1, 0.15) is 18.4 Å². The van der Waals surface area contributed by atoms with Gasteiger partial charge in [0.25, 0.3) is 0 Å². The zero-order valence-electron chi connectivity index (χ0n) is 10.2. The summed E-state index contributed by atoms with van der Waals surface area (Å²) in [6.45, 7) is 5.95. The highest BCUT2D eigenvalue weighted by molar-refractivity contribution is 6.30. The van der Waals surface area contributed by atoms with E-state index >= 15 is 0 Å². The van der Waals surface area contributed by atoms with Gasteiger partial charge >= 0.3 is 0 Å². The molecule has 0 amide bonds. The van der Waals surface area contributed by atoms with Crippen molar-refractivity contribution in [3.05, 3.63) is 28.8 Å². The summed E-state index contributed by atoms with van der Waals surface area (Å²) >= 11 is 5.99. The van der Waals surface area contributed by atoms with Gasteiger partial charge in [0.1, 0.15) is 0 Å². The van der Waals surface area contributed by atoms with E-state index in [0.717, 1.165) is 10.9 Å². The monoisotopic (exact) mass is 250 g/mol. The smallest absolute Gasteiger partial charge is 0.0410 e. The van der Waals surface area contributed by atoms with E-state index in [0.29, 0.717) is 6.04 Å². The predicted molar refractivity (Wildman–Crippen MR) is 72.8 cm³/mol. The van der Waals surface area contributed by atoms with Crippen molar-refractivity contribution < 1.29 is 0 Å². The van der Waals surface area contributed by atoms with Crippen LogP contribution in [0.25, 0.3) is 0 Å². The Hall–Kier alpha value is -0.730. The van der Waals surface area contributed by atoms with E-state index in [1.54, 1.807) is 0 Å². The van der Waals surface area contributed by atoms with Gasteiger partial charge < -0.3 is 10.2 Å². The Bertz CT molecular complexity index is 419. The minimum atomic E-state index is 0.647. The standard InChI is InChI=1S/C14H19ClN2/c1-10-8-12(15)2-3-13(10)16-14-5-7-17-6-4-11(14)9-17/h2-3,8,11,14,16H,4-7,9H2,1H3. The first-order chi connectivity index (χ1) is 8.22. The number of anilines is 1. The van der Waals surface area contributed by atoms with E-state index in [4.69, 9.17) is 11.6 Å². The van der Waals surface area contributed by atoms with Gasteiger partial charge in [0.2, 0.25) is 0 Å². The highest BCUT2D eigenvalue weighted by Crippen LogP contribution is 2.30. The maximum absolute atomic E-state index is 5.99. The summed E-state index contributed by atoms with van der Waals surface area (Å²) in [5.74, 6) is 0.832. The lowest BCUT2D eigenvalue weighted by atomic mass is 9.93. The number of nitrogens with zero attached hydrogens (tertiary/aromatic N) is 1. The van der Waals surface area contributed by atoms with Gasteiger partial charge in [-0.2, -0.15) is 0 Å². The first kappa shape index (κ1) is 11.4. The second kappa shape index (κ2) is 4.51. The number of halogens is 1. The predicted octanol–water partition coefficient (Wildman–Crippen LogP) is 3.15. The van der Waals surface area contributed by atoms with E-state index in [2.05, 4.69) is 23.2 Å². The normalized spacial score (nSPS) is 31.5. The van der Waals surface area contributed by atoms with Crippen molar-refractivity contribution in [2.75, 3.05) is 25.0 Å². The van der Waals surface area contributed by atoms with Crippen LogP contribution in [0.2, 0.25) is 5.02 Å². The lowest BCUT2D eigenvalue weighted by molar-refractivity contribution is 0.255. The lowest BCUT2D eigenvalue weighted by Gasteiger charge is -2.32. The molecule has 2 aliphatic heterocycles. The van der Waals surface area contributed by atoms with Gasteiger partial charge in [0.15, 0.2) is 0 Å². The van der Waals surface area contributed by atoms with Gasteiger partial charge in [0.05, 0.1) is 0 Å². The second-order valence-corrected chi connectivity index (χ2v) is 5.78. The van der Waals surface area contributed by atoms with Crippen LogP contribution in [0.4, 0.5) is 5.69 Å². The highest BCUT2D eigenvalue weighted by Gasteiger charge is 2.34. The summed E-state index contributed by atoms with van der Waals surface area (Å²) in [6, 6.07) is 6.77. The van der Waals surface area contributed by atoms with E-state index in [-0.39, 0.29) is 0 Å². The topological polar surface area (TPSA) is 15.3 Å². The van der Waals surface area contributed by atoms with Crippen LogP contribution in [0.15, 0.2) is 18.2 Å². The molecule has 1 aromatic carbocycles. The van der Waals surface area contributed by atoms with E-state index in [1.807, 2.05) is 12.1 Å². The molecule has 3 rings (SSSR count). The molecule has 17 heavy (non-hydrogen) atoms. The molecule has 2 aliphatic rings. The summed E-state index contributed by atoms with van der Waals surface area (Å²) in [5.41, 5.74) is 2.50. The van der Waals surface area contributed by atoms with Crippen LogP contribution in [0.5, 0.6) is 0 Å². The number of hydrogen-bond acceptors (Lipinski definition) is 2. The Morgan fingerprint density at radius 1 is 1.29 bits per heavy atom. The fraction of sp³-hybridized carbons (Fsp3) is 0.571. The average molecular weight is 251 g/mol. The van der Waals surface area contributed by atoms with Gasteiger partial charge in [-0.05, 0) is 56.0 Å². The molecule has 2 nitrogen and oxygen atoms in total. The van der Waals surface area contributed by atoms with E-state index < -0.39 is 0 Å². The molecule has 3 unspecified atom stereocenters. The Kier molecular flexibility index (Phi) is 3.01. The molecule has 2 fully saturated rings. The summed E-state index contributed by atoms with van der Waals surface area (Å²) < 4.78 is 0. The number of benzene rings is 1. The van der Waals surface area contributed by atoms with Crippen LogP contribution in [0.3, 0.4) is 0 Å². The van der Waals surface area contributed by atoms with Crippen LogP contribution in [0, 0.1) is 12.8 Å². The van der Waals surface area contributed by atoms with Gasteiger partial charge in [-0.3, -0.25) is 0 Å². The maximum Gasteiger partial charge on any atom is 0.0410 e. The Morgan fingerprint density at radius 3 is 2.94 bits per heavy atom. The summed E-state index contributed by atoms with van der Waals surface area (Å²) in [6.07, 6.45) is 2.62. The summed E-state index contributed by atoms with van der Waals surface area (Å²) in [4.78, 5) is 2.58. The van der Waals surface area contributed by atoms with Crippen molar-refractivity contribution >= 4 is 17.3 Å². The average Bonchev–Trinajstić information content (AvgIpc) is 2.69. The molecule has 0 saturated carbocycles. The third kappa shape index (κ3) is 2.29. The fourth-order valence-corrected chi connectivity index (χ4v) is 3.36. The van der Waals surface area contributed by atoms with Crippen molar-refractivity contribution in [2.45, 2.75) is 25.8 Å². The second-order valence-electron chi connectivity index (χ2n) is 5.35. The number of rotatable bonds is 2. The molecule has 3 atom stereocenters. The molecule has 0 radical (unpaired) electrons. The molecule has 2 saturated heterocycles. The molecular formula is C14H19ClN2. The largest absolute Gasteiger partial charge is 0.382 e. The van der Waals surface area contributed by atoms with Crippen LogP contribution in [-0.4, -0.2) is 30.6 Å². The van der Waals surface area contributed by atoms with Gasteiger partial charge in [-0.15, -0.1) is 0 Å². The quantitative estimate of drug-likeness (QED) is 0.868. The molecule has 3 heteroatoms. The van der Waals surface area contributed by atoms with E-state index in [1.165, 1.54) is 43.7 Å². The Morgan fingerprint density at radius 2 is 2.12 bits per heavy atom. The lowest BCUT2D eigenvalue weighted by Crippen LogP contribution is -2.39. The fourth-order valence-electron chi connectivity index (χ4n) is 3.13.